The molecule has 1 N–H and O–H groups in total. The fraction of sp³-hybridized carbons (Fsp3) is 0.600. The van der Waals surface area contributed by atoms with Gasteiger partial charge in [-0.2, -0.15) is 0 Å². The van der Waals surface area contributed by atoms with E-state index in [4.69, 9.17) is 4.74 Å². The zero-order valence-corrected chi connectivity index (χ0v) is 9.53. The number of anilines is 1. The Hall–Kier alpha value is -1.20. The largest absolute Gasteiger partial charge is 0.383 e. The van der Waals surface area contributed by atoms with E-state index in [1.165, 1.54) is 0 Å². The van der Waals surface area contributed by atoms with Crippen molar-refractivity contribution in [3.05, 3.63) is 18.1 Å². The zero-order chi connectivity index (χ0) is 11.1. The van der Waals surface area contributed by atoms with E-state index in [1.54, 1.807) is 19.5 Å². The van der Waals surface area contributed by atoms with Crippen LogP contribution in [0.2, 0.25) is 0 Å². The van der Waals surface area contributed by atoms with Gasteiger partial charge < -0.3 is 15.0 Å². The molecule has 5 heteroatoms. The molecular weight excluding hydrogens is 192 g/mol. The SMILES string of the molecule is CNCc1cnc(N(C)CCOC)cn1. The Bertz CT molecular complexity index is 275. The summed E-state index contributed by atoms with van der Waals surface area (Å²) in [4.78, 5) is 10.6. The molecule has 5 nitrogen and oxygen atoms in total. The van der Waals surface area contributed by atoms with Gasteiger partial charge in [-0.15, -0.1) is 0 Å². The van der Waals surface area contributed by atoms with Crippen molar-refractivity contribution < 1.29 is 4.74 Å². The summed E-state index contributed by atoms with van der Waals surface area (Å²) in [6.45, 7) is 2.25. The molecule has 0 aliphatic carbocycles. The molecule has 0 amide bonds. The van der Waals surface area contributed by atoms with Gasteiger partial charge in [-0.05, 0) is 7.05 Å². The van der Waals surface area contributed by atoms with Gasteiger partial charge in [-0.3, -0.25) is 4.98 Å². The van der Waals surface area contributed by atoms with E-state index in [9.17, 15) is 0 Å². The lowest BCUT2D eigenvalue weighted by Crippen LogP contribution is -2.23. The quantitative estimate of drug-likeness (QED) is 0.731. The van der Waals surface area contributed by atoms with Gasteiger partial charge in [0.2, 0.25) is 0 Å². The lowest BCUT2D eigenvalue weighted by Gasteiger charge is -2.16. The number of ether oxygens (including phenoxy) is 1. The summed E-state index contributed by atoms with van der Waals surface area (Å²) in [5, 5.41) is 3.03. The molecule has 0 fully saturated rings. The molecule has 1 aromatic rings. The summed E-state index contributed by atoms with van der Waals surface area (Å²) < 4.78 is 5.00. The Kier molecular flexibility index (Phi) is 5.00. The van der Waals surface area contributed by atoms with Crippen LogP contribution in [0.4, 0.5) is 5.82 Å². The summed E-state index contributed by atoms with van der Waals surface area (Å²) in [7, 11) is 5.55. The standard InChI is InChI=1S/C10H18N4O/c1-11-6-9-7-13-10(8-12-9)14(2)4-5-15-3/h7-8,11H,4-6H2,1-3H3. The van der Waals surface area contributed by atoms with Crippen molar-refractivity contribution in [1.82, 2.24) is 15.3 Å². The maximum Gasteiger partial charge on any atom is 0.146 e. The minimum absolute atomic E-state index is 0.691. The van der Waals surface area contributed by atoms with Crippen LogP contribution in [-0.2, 0) is 11.3 Å². The molecule has 0 saturated heterocycles. The lowest BCUT2D eigenvalue weighted by molar-refractivity contribution is 0.206. The molecule has 0 radical (unpaired) electrons. The van der Waals surface area contributed by atoms with Crippen molar-refractivity contribution >= 4 is 5.82 Å². The molecule has 1 rings (SSSR count). The van der Waals surface area contributed by atoms with Crippen molar-refractivity contribution in [2.75, 3.05) is 39.3 Å². The van der Waals surface area contributed by atoms with Crippen LogP contribution in [0.1, 0.15) is 5.69 Å². The fourth-order valence-electron chi connectivity index (χ4n) is 1.16. The van der Waals surface area contributed by atoms with E-state index in [-0.39, 0.29) is 0 Å². The molecular formula is C10H18N4O. The second-order valence-corrected chi connectivity index (χ2v) is 3.31. The first kappa shape index (κ1) is 11.9. The van der Waals surface area contributed by atoms with E-state index in [0.29, 0.717) is 6.61 Å². The predicted octanol–water partition coefficient (Wildman–Crippen LogP) is 0.279. The Morgan fingerprint density at radius 2 is 2.20 bits per heavy atom. The number of aromatic nitrogens is 2. The first-order chi connectivity index (χ1) is 7.27. The highest BCUT2D eigenvalue weighted by Crippen LogP contribution is 2.05. The normalized spacial score (nSPS) is 10.3. The van der Waals surface area contributed by atoms with Crippen molar-refractivity contribution in [3.8, 4) is 0 Å². The van der Waals surface area contributed by atoms with Crippen LogP contribution in [0.3, 0.4) is 0 Å². The molecule has 0 aliphatic rings. The molecule has 84 valence electrons. The summed E-state index contributed by atoms with van der Waals surface area (Å²) in [5.41, 5.74) is 0.946. The number of hydrogen-bond acceptors (Lipinski definition) is 5. The van der Waals surface area contributed by atoms with Gasteiger partial charge in [-0.1, -0.05) is 0 Å². The summed E-state index contributed by atoms with van der Waals surface area (Å²) in [6.07, 6.45) is 3.57. The number of likely N-dealkylation sites (N-methyl/N-ethyl adjacent to an activating group) is 1. The van der Waals surface area contributed by atoms with Crippen LogP contribution < -0.4 is 10.2 Å². The van der Waals surface area contributed by atoms with Crippen LogP contribution >= 0.6 is 0 Å². The van der Waals surface area contributed by atoms with Gasteiger partial charge in [0, 0.05) is 27.2 Å². The van der Waals surface area contributed by atoms with Gasteiger partial charge in [0.25, 0.3) is 0 Å². The molecule has 0 saturated carbocycles. The molecule has 0 aliphatic heterocycles. The fourth-order valence-corrected chi connectivity index (χ4v) is 1.16. The third-order valence-electron chi connectivity index (χ3n) is 2.07. The van der Waals surface area contributed by atoms with Crippen LogP contribution in [-0.4, -0.2) is 44.3 Å². The molecule has 15 heavy (non-hydrogen) atoms. The maximum atomic E-state index is 5.00. The van der Waals surface area contributed by atoms with Gasteiger partial charge in [0.15, 0.2) is 0 Å². The summed E-state index contributed by atoms with van der Waals surface area (Å²) in [6, 6.07) is 0. The molecule has 0 aromatic carbocycles. The van der Waals surface area contributed by atoms with Crippen molar-refractivity contribution in [1.29, 1.82) is 0 Å². The average Bonchev–Trinajstić information content (AvgIpc) is 2.27. The minimum atomic E-state index is 0.691. The zero-order valence-electron chi connectivity index (χ0n) is 9.53. The van der Waals surface area contributed by atoms with Crippen LogP contribution in [0.25, 0.3) is 0 Å². The highest BCUT2D eigenvalue weighted by Gasteiger charge is 2.02. The number of methoxy groups -OCH3 is 1. The minimum Gasteiger partial charge on any atom is -0.383 e. The first-order valence-corrected chi connectivity index (χ1v) is 4.93. The monoisotopic (exact) mass is 210 g/mol. The third-order valence-corrected chi connectivity index (χ3v) is 2.07. The highest BCUT2D eigenvalue weighted by molar-refractivity contribution is 5.34. The van der Waals surface area contributed by atoms with Gasteiger partial charge in [-0.25, -0.2) is 4.98 Å². The Morgan fingerprint density at radius 3 is 2.73 bits per heavy atom. The maximum absolute atomic E-state index is 5.00. The number of nitrogens with zero attached hydrogens (tertiary/aromatic N) is 3. The smallest absolute Gasteiger partial charge is 0.146 e. The second-order valence-electron chi connectivity index (χ2n) is 3.31. The van der Waals surface area contributed by atoms with Gasteiger partial charge in [0.1, 0.15) is 5.82 Å². The summed E-state index contributed by atoms with van der Waals surface area (Å²) >= 11 is 0. The van der Waals surface area contributed by atoms with Crippen molar-refractivity contribution in [2.45, 2.75) is 6.54 Å². The highest BCUT2D eigenvalue weighted by atomic mass is 16.5. The molecule has 0 spiro atoms. The molecule has 0 unspecified atom stereocenters. The molecule has 1 aromatic heterocycles. The Morgan fingerprint density at radius 1 is 1.40 bits per heavy atom. The Labute approximate surface area is 90.5 Å². The van der Waals surface area contributed by atoms with Crippen molar-refractivity contribution in [2.24, 2.45) is 0 Å². The molecule has 0 bridgehead atoms. The predicted molar refractivity (Wildman–Crippen MR) is 59.9 cm³/mol. The second kappa shape index (κ2) is 6.31. The van der Waals surface area contributed by atoms with Crippen molar-refractivity contribution in [3.63, 3.8) is 0 Å². The van der Waals surface area contributed by atoms with E-state index in [1.807, 2.05) is 19.0 Å². The van der Waals surface area contributed by atoms with Crippen LogP contribution in [0, 0.1) is 0 Å². The lowest BCUT2D eigenvalue weighted by atomic mass is 10.4. The van der Waals surface area contributed by atoms with E-state index in [0.717, 1.165) is 24.6 Å². The van der Waals surface area contributed by atoms with E-state index < -0.39 is 0 Å². The number of rotatable bonds is 6. The average molecular weight is 210 g/mol. The topological polar surface area (TPSA) is 50.3 Å². The third kappa shape index (κ3) is 3.81. The molecule has 1 heterocycles. The number of nitrogens with one attached hydrogen (secondary N) is 1. The van der Waals surface area contributed by atoms with Crippen LogP contribution in [0.5, 0.6) is 0 Å². The molecule has 0 atom stereocenters. The van der Waals surface area contributed by atoms with Crippen LogP contribution in [0.15, 0.2) is 12.4 Å². The first-order valence-electron chi connectivity index (χ1n) is 4.93. The van der Waals surface area contributed by atoms with Gasteiger partial charge >= 0.3 is 0 Å². The van der Waals surface area contributed by atoms with E-state index >= 15 is 0 Å². The number of hydrogen-bond donors (Lipinski definition) is 1. The van der Waals surface area contributed by atoms with Gasteiger partial charge in [0.05, 0.1) is 24.7 Å². The van der Waals surface area contributed by atoms with E-state index in [2.05, 4.69) is 15.3 Å². The summed E-state index contributed by atoms with van der Waals surface area (Å²) in [5.74, 6) is 0.868. The Balaban J connectivity index is 2.54.